The summed E-state index contributed by atoms with van der Waals surface area (Å²) in [5.41, 5.74) is 3.37. The van der Waals surface area contributed by atoms with Crippen LogP contribution in [0.5, 0.6) is 0 Å². The molecule has 0 amide bonds. The van der Waals surface area contributed by atoms with Gasteiger partial charge in [-0.2, -0.15) is 4.68 Å². The molecule has 1 fully saturated rings. The van der Waals surface area contributed by atoms with Gasteiger partial charge in [-0.25, -0.2) is 0 Å². The Morgan fingerprint density at radius 3 is 2.44 bits per heavy atom. The molecule has 0 radical (unpaired) electrons. The third-order valence-electron chi connectivity index (χ3n) is 6.73. The predicted molar refractivity (Wildman–Crippen MR) is 121 cm³/mol. The summed E-state index contributed by atoms with van der Waals surface area (Å²) in [6.45, 7) is 2.53. The number of aromatic nitrogens is 5. The van der Waals surface area contributed by atoms with Gasteiger partial charge in [-0.1, -0.05) is 54.6 Å². The van der Waals surface area contributed by atoms with Crippen molar-refractivity contribution in [3.63, 3.8) is 0 Å². The number of likely N-dealkylation sites (tertiary alicyclic amines) is 1. The van der Waals surface area contributed by atoms with Crippen LogP contribution in [0.1, 0.15) is 35.5 Å². The number of fused-ring (bicyclic) bond motifs is 4. The number of tetrazole rings is 1. The van der Waals surface area contributed by atoms with E-state index in [0.29, 0.717) is 11.8 Å². The zero-order valence-corrected chi connectivity index (χ0v) is 17.7. The van der Waals surface area contributed by atoms with Crippen LogP contribution in [0.4, 0.5) is 0 Å². The molecule has 0 N–H and O–H groups in total. The van der Waals surface area contributed by atoms with E-state index in [2.05, 4.69) is 50.8 Å². The smallest absolute Gasteiger partial charge is 0.250 e. The molecule has 6 rings (SSSR count). The number of hydrogen-bond acceptors (Lipinski definition) is 5. The fourth-order valence-corrected chi connectivity index (χ4v) is 5.42. The van der Waals surface area contributed by atoms with Crippen LogP contribution in [-0.2, 0) is 6.54 Å². The third kappa shape index (κ3) is 3.26. The lowest BCUT2D eigenvalue weighted by Crippen LogP contribution is -2.48. The van der Waals surface area contributed by atoms with Gasteiger partial charge in [0.1, 0.15) is 0 Å². The first-order valence-corrected chi connectivity index (χ1v) is 11.1. The van der Waals surface area contributed by atoms with Gasteiger partial charge < -0.3 is 4.57 Å². The molecule has 32 heavy (non-hydrogen) atoms. The van der Waals surface area contributed by atoms with E-state index in [1.807, 2.05) is 51.7 Å². The summed E-state index contributed by atoms with van der Waals surface area (Å²) in [5.74, 6) is 1.56. The molecular formula is C25H24N6O. The number of benzene rings is 2. The topological polar surface area (TPSA) is 68.8 Å². The molecule has 0 aliphatic carbocycles. The van der Waals surface area contributed by atoms with Crippen LogP contribution >= 0.6 is 0 Å². The molecule has 0 spiro atoms. The van der Waals surface area contributed by atoms with Crippen molar-refractivity contribution in [2.75, 3.05) is 13.1 Å². The van der Waals surface area contributed by atoms with Gasteiger partial charge in [0.05, 0.1) is 11.7 Å². The Hall–Kier alpha value is -3.58. The van der Waals surface area contributed by atoms with Gasteiger partial charge in [0.15, 0.2) is 5.82 Å². The lowest BCUT2D eigenvalue weighted by atomic mass is 9.82. The second-order valence-corrected chi connectivity index (χ2v) is 8.75. The number of hydrogen-bond donors (Lipinski definition) is 0. The average molecular weight is 425 g/mol. The van der Waals surface area contributed by atoms with E-state index in [4.69, 9.17) is 0 Å². The van der Waals surface area contributed by atoms with Crippen LogP contribution in [-0.4, -0.2) is 42.8 Å². The average Bonchev–Trinajstić information content (AvgIpc) is 3.31. The zero-order chi connectivity index (χ0) is 21.5. The first-order chi connectivity index (χ1) is 15.8. The van der Waals surface area contributed by atoms with E-state index in [-0.39, 0.29) is 11.6 Å². The van der Waals surface area contributed by atoms with Gasteiger partial charge in [0.25, 0.3) is 5.56 Å². The van der Waals surface area contributed by atoms with Gasteiger partial charge in [0.2, 0.25) is 0 Å². The Labute approximate surface area is 185 Å². The van der Waals surface area contributed by atoms with Crippen molar-refractivity contribution in [2.45, 2.75) is 24.9 Å². The molecule has 2 aromatic heterocycles. The van der Waals surface area contributed by atoms with E-state index in [1.165, 1.54) is 5.56 Å². The van der Waals surface area contributed by atoms with Crippen molar-refractivity contribution >= 4 is 0 Å². The Kier molecular flexibility index (Phi) is 4.69. The minimum Gasteiger partial charge on any atom is -0.312 e. The summed E-state index contributed by atoms with van der Waals surface area (Å²) in [6.07, 6.45) is 1.12. The lowest BCUT2D eigenvalue weighted by Gasteiger charge is -2.45. The summed E-state index contributed by atoms with van der Waals surface area (Å²) in [4.78, 5) is 14.9. The molecule has 0 unspecified atom stereocenters. The van der Waals surface area contributed by atoms with Crippen molar-refractivity contribution in [1.29, 1.82) is 0 Å². The van der Waals surface area contributed by atoms with Crippen LogP contribution < -0.4 is 5.56 Å². The molecule has 7 nitrogen and oxygen atoms in total. The van der Waals surface area contributed by atoms with E-state index in [9.17, 15) is 4.79 Å². The van der Waals surface area contributed by atoms with Crippen LogP contribution in [0.2, 0.25) is 0 Å². The Morgan fingerprint density at radius 2 is 1.62 bits per heavy atom. The number of nitrogens with zero attached hydrogens (tertiary/aromatic N) is 6. The first kappa shape index (κ1) is 19.1. The van der Waals surface area contributed by atoms with Crippen molar-refractivity contribution < 1.29 is 0 Å². The van der Waals surface area contributed by atoms with E-state index < -0.39 is 0 Å². The first-order valence-electron chi connectivity index (χ1n) is 11.1. The van der Waals surface area contributed by atoms with E-state index in [0.717, 1.165) is 43.3 Å². The molecule has 3 atom stereocenters. The van der Waals surface area contributed by atoms with Crippen LogP contribution in [0.25, 0.3) is 5.69 Å². The Morgan fingerprint density at radius 1 is 0.844 bits per heavy atom. The molecule has 2 aliphatic heterocycles. The summed E-state index contributed by atoms with van der Waals surface area (Å²) in [7, 11) is 0. The van der Waals surface area contributed by atoms with Crippen LogP contribution in [0.15, 0.2) is 83.7 Å². The normalized spacial score (nSPS) is 21.1. The maximum atomic E-state index is 12.4. The minimum atomic E-state index is -0.0707. The predicted octanol–water partition coefficient (Wildman–Crippen LogP) is 3.03. The summed E-state index contributed by atoms with van der Waals surface area (Å²) < 4.78 is 3.82. The van der Waals surface area contributed by atoms with Gasteiger partial charge in [-0.15, -0.1) is 5.10 Å². The van der Waals surface area contributed by atoms with Gasteiger partial charge >= 0.3 is 0 Å². The highest BCUT2D eigenvalue weighted by Crippen LogP contribution is 2.40. The van der Waals surface area contributed by atoms with Gasteiger partial charge in [0, 0.05) is 37.3 Å². The number of piperidine rings is 1. The highest BCUT2D eigenvalue weighted by molar-refractivity contribution is 5.34. The molecule has 2 aromatic carbocycles. The molecule has 0 saturated carbocycles. The van der Waals surface area contributed by atoms with Crippen molar-refractivity contribution in [2.24, 2.45) is 5.92 Å². The SMILES string of the molecule is O=c1cccc2n1C[C@H]1C[C@H]2CN([C@H](c2ccccc2)c2nnnn2-c2ccccc2)C1. The molecule has 4 aromatic rings. The van der Waals surface area contributed by atoms with Crippen molar-refractivity contribution in [1.82, 2.24) is 29.7 Å². The largest absolute Gasteiger partial charge is 0.312 e. The fraction of sp³-hybridized carbons (Fsp3) is 0.280. The van der Waals surface area contributed by atoms with Crippen LogP contribution in [0.3, 0.4) is 0 Å². The zero-order valence-electron chi connectivity index (χ0n) is 17.7. The Balaban J connectivity index is 1.43. The molecule has 4 heterocycles. The van der Waals surface area contributed by atoms with E-state index >= 15 is 0 Å². The molecule has 7 heteroatoms. The highest BCUT2D eigenvalue weighted by Gasteiger charge is 2.39. The third-order valence-corrected chi connectivity index (χ3v) is 6.73. The molecule has 2 aliphatic rings. The quantitative estimate of drug-likeness (QED) is 0.504. The van der Waals surface area contributed by atoms with E-state index in [1.54, 1.807) is 6.07 Å². The summed E-state index contributed by atoms with van der Waals surface area (Å²) in [5, 5.41) is 12.9. The molecule has 160 valence electrons. The summed E-state index contributed by atoms with van der Waals surface area (Å²) in [6, 6.07) is 26.1. The molecule has 1 saturated heterocycles. The fourth-order valence-electron chi connectivity index (χ4n) is 5.42. The highest BCUT2D eigenvalue weighted by atomic mass is 16.1. The standard InChI is InChI=1S/C25H24N6O/c32-23-13-7-12-22-20-14-18(16-30(22)23)15-29(17-20)24(19-8-3-1-4-9-19)25-26-27-28-31(25)21-10-5-2-6-11-21/h1-13,18,20,24H,14-17H2/t18-,20-,24+/m0/s1. The second kappa shape index (κ2) is 7.84. The van der Waals surface area contributed by atoms with Crippen LogP contribution in [0, 0.1) is 5.92 Å². The lowest BCUT2D eigenvalue weighted by molar-refractivity contribution is 0.0913. The minimum absolute atomic E-state index is 0.0707. The summed E-state index contributed by atoms with van der Waals surface area (Å²) >= 11 is 0. The maximum absolute atomic E-state index is 12.4. The number of para-hydroxylation sites is 1. The van der Waals surface area contributed by atoms with Gasteiger partial charge in [-0.3, -0.25) is 9.69 Å². The number of rotatable bonds is 4. The molecule has 2 bridgehead atoms. The maximum Gasteiger partial charge on any atom is 0.250 e. The van der Waals surface area contributed by atoms with Crippen molar-refractivity contribution in [3.8, 4) is 5.69 Å². The Bertz CT molecular complexity index is 1280. The van der Waals surface area contributed by atoms with Gasteiger partial charge in [-0.05, 0) is 46.5 Å². The molecular weight excluding hydrogens is 400 g/mol. The monoisotopic (exact) mass is 424 g/mol. The van der Waals surface area contributed by atoms with Crippen molar-refractivity contribution in [3.05, 3.63) is 106 Å². The number of pyridine rings is 1. The second-order valence-electron chi connectivity index (χ2n) is 8.75.